The van der Waals surface area contributed by atoms with E-state index in [-0.39, 0.29) is 71.5 Å². The number of hydrogen-bond donors (Lipinski definition) is 3. The maximum atomic E-state index is 16.8. The van der Waals surface area contributed by atoms with Gasteiger partial charge in [-0.1, -0.05) is 24.6 Å². The summed E-state index contributed by atoms with van der Waals surface area (Å²) >= 11 is 7.67. The molecule has 3 aromatic heterocycles. The zero-order valence-electron chi connectivity index (χ0n) is 24.4. The van der Waals surface area contributed by atoms with E-state index in [1.54, 1.807) is 6.20 Å². The SMILES string of the molecule is C[C@@H](CNc1nc(O[C@@H]2COC[C@@H]2N(C)C)nc2c(F)c(-c3ccc(F)c4sc(N)c(C#N)c34)c(Cl)cc12)c1cncnc1N. The Balaban J connectivity index is 1.50. The summed E-state index contributed by atoms with van der Waals surface area (Å²) in [5, 5.41) is 13.7. The van der Waals surface area contributed by atoms with Crippen LogP contribution in [0.1, 0.15) is 24.0 Å². The Labute approximate surface area is 265 Å². The Bertz CT molecular complexity index is 1980. The minimum Gasteiger partial charge on any atom is -0.456 e. The molecule has 0 radical (unpaired) electrons. The van der Waals surface area contributed by atoms with Crippen LogP contribution in [-0.2, 0) is 4.74 Å². The van der Waals surface area contributed by atoms with Crippen molar-refractivity contribution in [3.8, 4) is 23.2 Å². The summed E-state index contributed by atoms with van der Waals surface area (Å²) in [7, 11) is 3.82. The molecule has 4 heterocycles. The number of nitriles is 1. The molecular formula is C30H28ClF2N9O2S. The predicted molar refractivity (Wildman–Crippen MR) is 170 cm³/mol. The number of likely N-dealkylation sites (N-methyl/N-ethyl adjacent to an activating group) is 1. The lowest BCUT2D eigenvalue weighted by molar-refractivity contribution is 0.117. The number of anilines is 3. The summed E-state index contributed by atoms with van der Waals surface area (Å²) in [5.41, 5.74) is 12.9. The van der Waals surface area contributed by atoms with Gasteiger partial charge in [0, 0.05) is 40.6 Å². The fraction of sp³-hybridized carbons (Fsp3) is 0.300. The van der Waals surface area contributed by atoms with Crippen LogP contribution in [0.2, 0.25) is 5.02 Å². The first-order chi connectivity index (χ1) is 21.6. The van der Waals surface area contributed by atoms with Gasteiger partial charge in [0.05, 0.1) is 34.5 Å². The van der Waals surface area contributed by atoms with Crippen LogP contribution in [0.3, 0.4) is 0 Å². The molecule has 15 heteroatoms. The van der Waals surface area contributed by atoms with Crippen LogP contribution in [0.15, 0.2) is 30.7 Å². The van der Waals surface area contributed by atoms with Gasteiger partial charge in [-0.15, -0.1) is 11.3 Å². The van der Waals surface area contributed by atoms with Gasteiger partial charge in [-0.3, -0.25) is 0 Å². The molecule has 1 saturated heterocycles. The Hall–Kier alpha value is -4.42. The van der Waals surface area contributed by atoms with E-state index in [1.807, 2.05) is 32.0 Å². The zero-order chi connectivity index (χ0) is 32.0. The number of thiophene rings is 1. The summed E-state index contributed by atoms with van der Waals surface area (Å²) in [6, 6.07) is 5.97. The van der Waals surface area contributed by atoms with Gasteiger partial charge in [-0.2, -0.15) is 15.2 Å². The van der Waals surface area contributed by atoms with E-state index in [1.165, 1.54) is 24.5 Å². The van der Waals surface area contributed by atoms with E-state index in [4.69, 9.17) is 32.5 Å². The number of benzene rings is 2. The van der Waals surface area contributed by atoms with Crippen LogP contribution in [0.5, 0.6) is 6.01 Å². The van der Waals surface area contributed by atoms with Crippen molar-refractivity contribution in [1.82, 2.24) is 24.8 Å². The minimum atomic E-state index is -0.796. The standard InChI is InChI=1S/C30H28ClF2N9O2S/c1-13(17-9-37-12-39-27(17)35)8-38-29-15-6-18(31)23(14-4-5-19(32)26-22(14)16(7-34)28(36)45-26)24(33)25(15)40-30(41-29)44-21-11-43-10-20(21)42(2)3/h4-6,9,12-13,20-21H,8,10-11,36H2,1-3H3,(H2,35,37,39)(H,38,40,41)/t13-,20-,21+/m0/s1. The molecule has 45 heavy (non-hydrogen) atoms. The summed E-state index contributed by atoms with van der Waals surface area (Å²) < 4.78 is 43.5. The molecule has 11 nitrogen and oxygen atoms in total. The lowest BCUT2D eigenvalue weighted by Gasteiger charge is -2.24. The molecule has 0 amide bonds. The Kier molecular flexibility index (Phi) is 8.27. The highest BCUT2D eigenvalue weighted by molar-refractivity contribution is 7.23. The number of halogens is 3. The van der Waals surface area contributed by atoms with Crippen molar-refractivity contribution < 1.29 is 18.3 Å². The molecule has 5 aromatic rings. The van der Waals surface area contributed by atoms with Crippen molar-refractivity contribution in [2.24, 2.45) is 0 Å². The quantitative estimate of drug-likeness (QED) is 0.202. The van der Waals surface area contributed by atoms with Gasteiger partial charge in [0.2, 0.25) is 0 Å². The van der Waals surface area contributed by atoms with E-state index < -0.39 is 17.7 Å². The normalized spacial score (nSPS) is 17.2. The maximum Gasteiger partial charge on any atom is 0.319 e. The van der Waals surface area contributed by atoms with Crippen molar-refractivity contribution in [2.75, 3.05) is 50.6 Å². The molecule has 1 fully saturated rings. The average Bonchev–Trinajstić information content (AvgIpc) is 3.61. The second-order valence-electron chi connectivity index (χ2n) is 10.9. The molecular weight excluding hydrogens is 624 g/mol. The van der Waals surface area contributed by atoms with Crippen LogP contribution >= 0.6 is 22.9 Å². The molecule has 1 aliphatic rings. The zero-order valence-corrected chi connectivity index (χ0v) is 26.0. The number of fused-ring (bicyclic) bond motifs is 2. The topological polar surface area (TPSA) is 161 Å². The molecule has 3 atom stereocenters. The lowest BCUT2D eigenvalue weighted by atomic mass is 9.97. The average molecular weight is 652 g/mol. The molecule has 0 aliphatic carbocycles. The van der Waals surface area contributed by atoms with Crippen molar-refractivity contribution in [1.29, 1.82) is 5.26 Å². The fourth-order valence-electron chi connectivity index (χ4n) is 5.46. The van der Waals surface area contributed by atoms with Gasteiger partial charge in [0.15, 0.2) is 5.82 Å². The van der Waals surface area contributed by atoms with E-state index in [0.29, 0.717) is 25.6 Å². The molecule has 0 saturated carbocycles. The summed E-state index contributed by atoms with van der Waals surface area (Å²) in [5.74, 6) is -0.910. The first-order valence-electron chi connectivity index (χ1n) is 13.9. The third-order valence-electron chi connectivity index (χ3n) is 7.86. The maximum absolute atomic E-state index is 16.8. The number of nitrogens with two attached hydrogens (primary N) is 2. The molecule has 6 rings (SSSR count). The number of hydrogen-bond acceptors (Lipinski definition) is 12. The van der Waals surface area contributed by atoms with Gasteiger partial charge in [0.1, 0.15) is 46.5 Å². The second-order valence-corrected chi connectivity index (χ2v) is 12.4. The lowest BCUT2D eigenvalue weighted by Crippen LogP contribution is -2.41. The highest BCUT2D eigenvalue weighted by Crippen LogP contribution is 2.45. The first kappa shape index (κ1) is 30.6. The van der Waals surface area contributed by atoms with Crippen molar-refractivity contribution >= 4 is 60.6 Å². The van der Waals surface area contributed by atoms with Gasteiger partial charge >= 0.3 is 6.01 Å². The Morgan fingerprint density at radius 3 is 2.80 bits per heavy atom. The number of nitrogens with zero attached hydrogens (tertiary/aromatic N) is 6. The highest BCUT2D eigenvalue weighted by Gasteiger charge is 2.33. The third kappa shape index (κ3) is 5.53. The number of rotatable bonds is 8. The van der Waals surface area contributed by atoms with E-state index >= 15 is 4.39 Å². The van der Waals surface area contributed by atoms with Crippen molar-refractivity contribution in [2.45, 2.75) is 25.0 Å². The molecule has 232 valence electrons. The van der Waals surface area contributed by atoms with Crippen LogP contribution in [0, 0.1) is 23.0 Å². The minimum absolute atomic E-state index is 0.00695. The summed E-state index contributed by atoms with van der Waals surface area (Å²) in [4.78, 5) is 19.2. The monoisotopic (exact) mass is 651 g/mol. The molecule has 1 aliphatic heterocycles. The number of nitrogen functional groups attached to an aromatic ring is 2. The van der Waals surface area contributed by atoms with Gasteiger partial charge in [0.25, 0.3) is 0 Å². The Morgan fingerprint density at radius 2 is 2.07 bits per heavy atom. The molecule has 2 aromatic carbocycles. The van der Waals surface area contributed by atoms with E-state index in [2.05, 4.69) is 25.3 Å². The van der Waals surface area contributed by atoms with Crippen molar-refractivity contribution in [3.63, 3.8) is 0 Å². The van der Waals surface area contributed by atoms with E-state index in [0.717, 1.165) is 16.9 Å². The third-order valence-corrected chi connectivity index (χ3v) is 9.19. The fourth-order valence-corrected chi connectivity index (χ4v) is 6.70. The second kappa shape index (κ2) is 12.2. The molecule has 5 N–H and O–H groups in total. The van der Waals surface area contributed by atoms with Crippen LogP contribution in [-0.4, -0.2) is 70.8 Å². The smallest absolute Gasteiger partial charge is 0.319 e. The Morgan fingerprint density at radius 1 is 1.27 bits per heavy atom. The highest BCUT2D eigenvalue weighted by atomic mass is 35.5. The number of ether oxygens (including phenoxy) is 2. The largest absolute Gasteiger partial charge is 0.456 e. The van der Waals surface area contributed by atoms with Gasteiger partial charge < -0.3 is 31.2 Å². The van der Waals surface area contributed by atoms with Gasteiger partial charge in [-0.05, 0) is 31.8 Å². The van der Waals surface area contributed by atoms with Crippen LogP contribution in [0.25, 0.3) is 32.1 Å². The van der Waals surface area contributed by atoms with Gasteiger partial charge in [-0.25, -0.2) is 18.7 Å². The number of aromatic nitrogens is 4. The van der Waals surface area contributed by atoms with Crippen molar-refractivity contribution in [3.05, 3.63) is 58.5 Å². The summed E-state index contributed by atoms with van der Waals surface area (Å²) in [6.45, 7) is 3.02. The first-order valence-corrected chi connectivity index (χ1v) is 15.1. The summed E-state index contributed by atoms with van der Waals surface area (Å²) in [6.07, 6.45) is 2.60. The molecule has 0 bridgehead atoms. The predicted octanol–water partition coefficient (Wildman–Crippen LogP) is 5.19. The van der Waals surface area contributed by atoms with Crippen LogP contribution < -0.4 is 21.5 Å². The number of nitrogens with one attached hydrogen (secondary N) is 1. The molecule has 0 spiro atoms. The van der Waals surface area contributed by atoms with Crippen LogP contribution in [0.4, 0.5) is 25.4 Å². The molecule has 0 unspecified atom stereocenters. The van der Waals surface area contributed by atoms with E-state index in [9.17, 15) is 9.65 Å².